The molecule has 0 saturated carbocycles. The highest BCUT2D eigenvalue weighted by molar-refractivity contribution is 8.01. The number of hydrogen-bond acceptors (Lipinski definition) is 6. The van der Waals surface area contributed by atoms with Crippen LogP contribution in [0.2, 0.25) is 10.6 Å². The lowest BCUT2D eigenvalue weighted by atomic mass is 10.0. The summed E-state index contributed by atoms with van der Waals surface area (Å²) in [7, 11) is 0. The summed E-state index contributed by atoms with van der Waals surface area (Å²) in [4.78, 5) is 13.6. The van der Waals surface area contributed by atoms with Gasteiger partial charge in [-0.25, -0.2) is 0 Å². The Morgan fingerprint density at radius 2 is 1.83 bits per heavy atom. The largest absolute Gasteiger partial charge is 0.311 e. The van der Waals surface area contributed by atoms with Crippen molar-refractivity contribution in [2.45, 2.75) is 36.9 Å². The second-order valence-electron chi connectivity index (χ2n) is 4.43. The van der Waals surface area contributed by atoms with Crippen molar-refractivity contribution in [3.05, 3.63) is 10.6 Å². The Kier molecular flexibility index (Phi) is 3.58. The van der Waals surface area contributed by atoms with Crippen molar-refractivity contribution >= 4 is 40.9 Å². The molecule has 1 saturated heterocycles. The van der Waals surface area contributed by atoms with Crippen molar-refractivity contribution in [1.82, 2.24) is 15.0 Å². The van der Waals surface area contributed by atoms with E-state index in [-0.39, 0.29) is 26.7 Å². The average Bonchev–Trinajstić information content (AvgIpc) is 2.45. The quantitative estimate of drug-likeness (QED) is 0.795. The molecule has 0 amide bonds. The second kappa shape index (κ2) is 4.72. The molecule has 0 aromatic carbocycles. The van der Waals surface area contributed by atoms with Crippen LogP contribution in [0.3, 0.4) is 0 Å². The van der Waals surface area contributed by atoms with E-state index < -0.39 is 0 Å². The van der Waals surface area contributed by atoms with Crippen LogP contribution in [0.15, 0.2) is 0 Å². The molecule has 1 fully saturated rings. The Bertz CT molecular complexity index is 495. The highest BCUT2D eigenvalue weighted by Gasteiger charge is 2.47. The fourth-order valence-corrected chi connectivity index (χ4v) is 3.89. The van der Waals surface area contributed by atoms with E-state index in [1.54, 1.807) is 11.8 Å². The summed E-state index contributed by atoms with van der Waals surface area (Å²) in [5.41, 5.74) is 0. The third kappa shape index (κ3) is 2.35. The van der Waals surface area contributed by atoms with E-state index in [0.29, 0.717) is 5.95 Å². The minimum Gasteiger partial charge on any atom is -0.311 e. The van der Waals surface area contributed by atoms with Gasteiger partial charge in [-0.15, -0.1) is 11.8 Å². The molecule has 1 aliphatic rings. The number of halogens is 2. The predicted octanol–water partition coefficient (Wildman–Crippen LogP) is 2.75. The normalized spacial score (nSPS) is 26.1. The van der Waals surface area contributed by atoms with Crippen LogP contribution in [0.5, 0.6) is 0 Å². The van der Waals surface area contributed by atoms with Crippen molar-refractivity contribution in [3.63, 3.8) is 0 Å². The van der Waals surface area contributed by atoms with Gasteiger partial charge in [-0.3, -0.25) is 0 Å². The minimum absolute atomic E-state index is 0.0311. The molecule has 1 aliphatic heterocycles. The molecule has 0 bridgehead atoms. The number of hydrogen-bond donors (Lipinski definition) is 0. The maximum Gasteiger partial charge on any atom is 0.233 e. The van der Waals surface area contributed by atoms with Gasteiger partial charge in [0, 0.05) is 4.75 Å². The summed E-state index contributed by atoms with van der Waals surface area (Å²) in [6.45, 7) is 6.04. The smallest absolute Gasteiger partial charge is 0.233 e. The molecule has 0 radical (unpaired) electrons. The first kappa shape index (κ1) is 13.7. The molecular weight excluding hydrogens is 293 g/mol. The van der Waals surface area contributed by atoms with Gasteiger partial charge in [-0.05, 0) is 44.0 Å². The first-order valence-corrected chi connectivity index (χ1v) is 6.91. The number of rotatable bonds is 1. The Balaban J connectivity index is 2.46. The lowest BCUT2D eigenvalue weighted by molar-refractivity contribution is 0.599. The first-order valence-electron chi connectivity index (χ1n) is 5.28. The molecule has 5 nitrogen and oxygen atoms in total. The lowest BCUT2D eigenvalue weighted by Gasteiger charge is -2.26. The fourth-order valence-electron chi connectivity index (χ4n) is 2.03. The second-order valence-corrected chi connectivity index (χ2v) is 7.08. The van der Waals surface area contributed by atoms with E-state index in [1.165, 1.54) is 0 Å². The highest BCUT2D eigenvalue weighted by Crippen LogP contribution is 2.45. The van der Waals surface area contributed by atoms with Gasteiger partial charge in [0.2, 0.25) is 16.5 Å². The summed E-state index contributed by atoms with van der Waals surface area (Å²) in [5.74, 6) is 0.345. The molecule has 0 aliphatic carbocycles. The molecule has 0 spiro atoms. The van der Waals surface area contributed by atoms with Gasteiger partial charge in [-0.2, -0.15) is 20.2 Å². The van der Waals surface area contributed by atoms with Crippen LogP contribution in [0, 0.1) is 11.3 Å². The fraction of sp³-hybridized carbons (Fsp3) is 0.600. The molecule has 2 atom stereocenters. The van der Waals surface area contributed by atoms with Crippen LogP contribution < -0.4 is 4.90 Å². The Hall–Kier alpha value is -0.770. The van der Waals surface area contributed by atoms with Crippen molar-refractivity contribution in [3.8, 4) is 6.07 Å². The van der Waals surface area contributed by atoms with Crippen molar-refractivity contribution in [2.75, 3.05) is 4.90 Å². The van der Waals surface area contributed by atoms with Crippen LogP contribution in [0.4, 0.5) is 5.95 Å². The van der Waals surface area contributed by atoms with E-state index >= 15 is 0 Å². The third-order valence-electron chi connectivity index (χ3n) is 2.72. The summed E-state index contributed by atoms with van der Waals surface area (Å²) < 4.78 is -0.209. The zero-order chi connectivity index (χ0) is 13.5. The SMILES string of the molecule is CC1SC(C)(C)C(C#N)N1c1nc(Cl)nc(Cl)n1. The van der Waals surface area contributed by atoms with Crippen molar-refractivity contribution in [1.29, 1.82) is 5.26 Å². The standard InChI is InChI=1S/C10H11Cl2N5S/c1-5-17(6(4-13)10(2,3)18-5)9-15-7(11)14-8(12)16-9/h5-6H,1-3H3. The van der Waals surface area contributed by atoms with Crippen molar-refractivity contribution in [2.24, 2.45) is 0 Å². The van der Waals surface area contributed by atoms with Gasteiger partial charge in [0.15, 0.2) is 0 Å². The van der Waals surface area contributed by atoms with Crippen LogP contribution in [-0.4, -0.2) is 31.1 Å². The Morgan fingerprint density at radius 1 is 1.28 bits per heavy atom. The maximum absolute atomic E-state index is 9.35. The van der Waals surface area contributed by atoms with Gasteiger partial charge >= 0.3 is 0 Å². The van der Waals surface area contributed by atoms with E-state index in [2.05, 4.69) is 21.0 Å². The Labute approximate surface area is 120 Å². The van der Waals surface area contributed by atoms with Crippen LogP contribution in [-0.2, 0) is 0 Å². The lowest BCUT2D eigenvalue weighted by Crippen LogP contribution is -2.41. The number of anilines is 1. The molecule has 8 heteroatoms. The summed E-state index contributed by atoms with van der Waals surface area (Å²) >= 11 is 13.2. The average molecular weight is 304 g/mol. The van der Waals surface area contributed by atoms with Gasteiger partial charge in [-0.1, -0.05) is 0 Å². The van der Waals surface area contributed by atoms with Crippen molar-refractivity contribution < 1.29 is 0 Å². The van der Waals surface area contributed by atoms with Gasteiger partial charge < -0.3 is 4.90 Å². The first-order chi connectivity index (χ1) is 8.35. The summed E-state index contributed by atoms with van der Waals surface area (Å²) in [6, 6.07) is 1.95. The van der Waals surface area contributed by atoms with E-state index in [9.17, 15) is 5.26 Å². The maximum atomic E-state index is 9.35. The van der Waals surface area contributed by atoms with Crippen LogP contribution >= 0.6 is 35.0 Å². The molecule has 1 aromatic heterocycles. The molecule has 2 rings (SSSR count). The third-order valence-corrected chi connectivity index (χ3v) is 4.46. The molecule has 0 N–H and O–H groups in total. The van der Waals surface area contributed by atoms with Crippen LogP contribution in [0.25, 0.3) is 0 Å². The van der Waals surface area contributed by atoms with E-state index in [0.717, 1.165) is 0 Å². The van der Waals surface area contributed by atoms with Gasteiger partial charge in [0.25, 0.3) is 0 Å². The number of thioether (sulfide) groups is 1. The zero-order valence-electron chi connectivity index (χ0n) is 10.1. The molecule has 2 unspecified atom stereocenters. The molecule has 96 valence electrons. The Morgan fingerprint density at radius 3 is 2.33 bits per heavy atom. The van der Waals surface area contributed by atoms with E-state index in [1.807, 2.05) is 25.7 Å². The minimum atomic E-state index is -0.341. The van der Waals surface area contributed by atoms with Gasteiger partial charge in [0.05, 0.1) is 11.4 Å². The summed E-state index contributed by atoms with van der Waals surface area (Å²) in [5, 5.41) is 9.48. The predicted molar refractivity (Wildman–Crippen MR) is 72.9 cm³/mol. The van der Waals surface area contributed by atoms with Crippen LogP contribution in [0.1, 0.15) is 20.8 Å². The zero-order valence-corrected chi connectivity index (χ0v) is 12.4. The molecule has 1 aromatic rings. The number of nitrogens with zero attached hydrogens (tertiary/aromatic N) is 5. The topological polar surface area (TPSA) is 65.7 Å². The molecule has 18 heavy (non-hydrogen) atoms. The monoisotopic (exact) mass is 303 g/mol. The number of aromatic nitrogens is 3. The molecule has 2 heterocycles. The summed E-state index contributed by atoms with van der Waals surface area (Å²) in [6.07, 6.45) is 0. The number of nitriles is 1. The van der Waals surface area contributed by atoms with E-state index in [4.69, 9.17) is 23.2 Å². The van der Waals surface area contributed by atoms with Gasteiger partial charge in [0.1, 0.15) is 6.04 Å². The highest BCUT2D eigenvalue weighted by atomic mass is 35.5. The molecular formula is C10H11Cl2N5S.